The van der Waals surface area contributed by atoms with Gasteiger partial charge in [-0.2, -0.15) is 5.26 Å². The molecular weight excluding hydrogens is 441 g/mol. The maximum atomic E-state index is 14.3. The average molecular weight is 458 g/mol. The SMILES string of the molecule is N#Cc1cc(CS(=O)(=O)c2cc(C(=O)O)ccc2C2CC2)c(C2=CC=C(Cl)C2)cc1F. The van der Waals surface area contributed by atoms with E-state index in [0.29, 0.717) is 28.2 Å². The Kier molecular flexibility index (Phi) is 5.46. The monoisotopic (exact) mass is 457 g/mol. The molecule has 158 valence electrons. The molecule has 0 bridgehead atoms. The molecule has 1 saturated carbocycles. The highest BCUT2D eigenvalue weighted by atomic mass is 35.5. The molecule has 4 rings (SSSR count). The van der Waals surface area contributed by atoms with E-state index < -0.39 is 27.4 Å². The Morgan fingerprint density at radius 2 is 1.97 bits per heavy atom. The first-order valence-electron chi connectivity index (χ1n) is 9.57. The van der Waals surface area contributed by atoms with Crippen molar-refractivity contribution in [1.82, 2.24) is 0 Å². The number of allylic oxidation sites excluding steroid dienone is 4. The van der Waals surface area contributed by atoms with Crippen molar-refractivity contribution in [3.63, 3.8) is 0 Å². The zero-order valence-electron chi connectivity index (χ0n) is 16.2. The van der Waals surface area contributed by atoms with E-state index in [2.05, 4.69) is 0 Å². The van der Waals surface area contributed by atoms with Crippen molar-refractivity contribution in [3.05, 3.63) is 81.2 Å². The van der Waals surface area contributed by atoms with E-state index in [1.54, 1.807) is 24.3 Å². The molecular formula is C23H17ClFNO4S. The van der Waals surface area contributed by atoms with E-state index in [1.807, 2.05) is 0 Å². The third kappa shape index (κ3) is 4.27. The van der Waals surface area contributed by atoms with Crippen molar-refractivity contribution in [2.75, 3.05) is 0 Å². The molecule has 0 radical (unpaired) electrons. The van der Waals surface area contributed by atoms with E-state index in [1.165, 1.54) is 18.2 Å². The first-order chi connectivity index (χ1) is 14.7. The summed E-state index contributed by atoms with van der Waals surface area (Å²) in [7, 11) is -3.98. The number of rotatable bonds is 6. The molecule has 0 spiro atoms. The van der Waals surface area contributed by atoms with Crippen molar-refractivity contribution in [3.8, 4) is 6.07 Å². The number of nitrogens with zero attached hydrogens (tertiary/aromatic N) is 1. The first-order valence-corrected chi connectivity index (χ1v) is 11.6. The molecule has 2 aromatic rings. The molecule has 31 heavy (non-hydrogen) atoms. The maximum absolute atomic E-state index is 14.3. The molecule has 2 aliphatic rings. The molecule has 8 heteroatoms. The minimum atomic E-state index is -3.98. The number of halogens is 2. The Morgan fingerprint density at radius 1 is 1.23 bits per heavy atom. The van der Waals surface area contributed by atoms with Gasteiger partial charge >= 0.3 is 5.97 Å². The zero-order valence-corrected chi connectivity index (χ0v) is 17.8. The third-order valence-corrected chi connectivity index (χ3v) is 7.42. The number of carbonyl (C=O) groups is 1. The lowest BCUT2D eigenvalue weighted by Gasteiger charge is -2.15. The molecule has 0 saturated heterocycles. The smallest absolute Gasteiger partial charge is 0.335 e. The minimum Gasteiger partial charge on any atom is -0.478 e. The summed E-state index contributed by atoms with van der Waals surface area (Å²) < 4.78 is 41.2. The van der Waals surface area contributed by atoms with Crippen molar-refractivity contribution in [2.45, 2.75) is 35.8 Å². The van der Waals surface area contributed by atoms with Gasteiger partial charge in [0.25, 0.3) is 0 Å². The molecule has 1 fully saturated rings. The van der Waals surface area contributed by atoms with Crippen LogP contribution < -0.4 is 0 Å². The fraction of sp³-hybridized carbons (Fsp3) is 0.217. The zero-order chi connectivity index (χ0) is 22.3. The summed E-state index contributed by atoms with van der Waals surface area (Å²) in [4.78, 5) is 11.4. The van der Waals surface area contributed by atoms with Crippen LogP contribution in [0.4, 0.5) is 4.39 Å². The normalized spacial score (nSPS) is 15.9. The highest BCUT2D eigenvalue weighted by Gasteiger charge is 2.32. The van der Waals surface area contributed by atoms with Gasteiger partial charge in [0.1, 0.15) is 11.9 Å². The summed E-state index contributed by atoms with van der Waals surface area (Å²) >= 11 is 6.04. The Bertz CT molecular complexity index is 1320. The van der Waals surface area contributed by atoms with E-state index in [4.69, 9.17) is 11.6 Å². The number of carboxylic acid groups (broad SMARTS) is 1. The lowest BCUT2D eigenvalue weighted by atomic mass is 9.97. The largest absolute Gasteiger partial charge is 0.478 e. The second-order valence-electron chi connectivity index (χ2n) is 7.67. The Hall–Kier alpha value is -2.95. The molecule has 0 unspecified atom stereocenters. The number of nitriles is 1. The number of hydrogen-bond donors (Lipinski definition) is 1. The summed E-state index contributed by atoms with van der Waals surface area (Å²) in [6.45, 7) is 0. The van der Waals surface area contributed by atoms with Crippen molar-refractivity contribution in [2.24, 2.45) is 0 Å². The predicted octanol–water partition coefficient (Wildman–Crippen LogP) is 5.16. The Balaban J connectivity index is 1.81. The number of benzene rings is 2. The van der Waals surface area contributed by atoms with Crippen LogP contribution >= 0.6 is 11.6 Å². The van der Waals surface area contributed by atoms with Gasteiger partial charge < -0.3 is 5.11 Å². The number of hydrogen-bond acceptors (Lipinski definition) is 4. The summed E-state index contributed by atoms with van der Waals surface area (Å²) in [5.74, 6) is -2.37. The number of carboxylic acids is 1. The van der Waals surface area contributed by atoms with Crippen molar-refractivity contribution >= 4 is 33.0 Å². The van der Waals surface area contributed by atoms with Crippen LogP contribution in [0.5, 0.6) is 0 Å². The van der Waals surface area contributed by atoms with Crippen LogP contribution in [0.25, 0.3) is 5.57 Å². The maximum Gasteiger partial charge on any atom is 0.335 e. The first kappa shape index (κ1) is 21.3. The fourth-order valence-corrected chi connectivity index (χ4v) is 5.66. The van der Waals surface area contributed by atoms with E-state index in [-0.39, 0.29) is 27.5 Å². The van der Waals surface area contributed by atoms with Gasteiger partial charge in [-0.05, 0) is 71.4 Å². The Labute approximate surface area is 184 Å². The fourth-order valence-electron chi connectivity index (χ4n) is 3.75. The minimum absolute atomic E-state index is 0.0276. The summed E-state index contributed by atoms with van der Waals surface area (Å²) in [5.41, 5.74) is 1.52. The number of sulfone groups is 1. The van der Waals surface area contributed by atoms with E-state index in [0.717, 1.165) is 18.9 Å². The van der Waals surface area contributed by atoms with Gasteiger partial charge in [0, 0.05) is 11.5 Å². The van der Waals surface area contributed by atoms with Gasteiger partial charge in [-0.1, -0.05) is 23.7 Å². The highest BCUT2D eigenvalue weighted by molar-refractivity contribution is 7.90. The molecule has 2 aliphatic carbocycles. The van der Waals surface area contributed by atoms with E-state index >= 15 is 0 Å². The molecule has 0 aliphatic heterocycles. The van der Waals surface area contributed by atoms with Gasteiger partial charge in [0.15, 0.2) is 9.84 Å². The molecule has 1 N–H and O–H groups in total. The van der Waals surface area contributed by atoms with Gasteiger partial charge in [-0.15, -0.1) is 0 Å². The molecule has 0 amide bonds. The van der Waals surface area contributed by atoms with Gasteiger partial charge in [0.2, 0.25) is 0 Å². The van der Waals surface area contributed by atoms with Crippen molar-refractivity contribution in [1.29, 1.82) is 5.26 Å². The average Bonchev–Trinajstić information content (AvgIpc) is 3.49. The van der Waals surface area contributed by atoms with Crippen LogP contribution in [0, 0.1) is 17.1 Å². The van der Waals surface area contributed by atoms with Crippen LogP contribution in [0.2, 0.25) is 0 Å². The predicted molar refractivity (Wildman–Crippen MR) is 114 cm³/mol. The molecule has 5 nitrogen and oxygen atoms in total. The van der Waals surface area contributed by atoms with Crippen LogP contribution in [-0.2, 0) is 15.6 Å². The summed E-state index contributed by atoms with van der Waals surface area (Å²) in [6.07, 6.45) is 5.37. The third-order valence-electron chi connectivity index (χ3n) is 5.44. The van der Waals surface area contributed by atoms with Crippen LogP contribution in [0.1, 0.15) is 57.8 Å². The lowest BCUT2D eigenvalue weighted by Crippen LogP contribution is -2.12. The summed E-state index contributed by atoms with van der Waals surface area (Å²) in [5, 5.41) is 19.1. The Morgan fingerprint density at radius 3 is 2.55 bits per heavy atom. The van der Waals surface area contributed by atoms with Gasteiger partial charge in [0.05, 0.1) is 21.8 Å². The second-order valence-corrected chi connectivity index (χ2v) is 10.1. The molecule has 0 aromatic heterocycles. The standard InChI is InChI=1S/C23H17ClFNO4S/c24-18-5-3-14(8-18)20-10-21(25)16(11-26)7-17(20)12-31(29,30)22-9-15(23(27)28)4-6-19(22)13-1-2-13/h3-7,9-10,13H,1-2,8,12H2,(H,27,28). The topological polar surface area (TPSA) is 95.2 Å². The molecule has 2 aromatic carbocycles. The summed E-state index contributed by atoms with van der Waals surface area (Å²) in [6, 6.07) is 8.30. The number of aromatic carboxylic acids is 1. The van der Waals surface area contributed by atoms with Crippen LogP contribution in [-0.4, -0.2) is 19.5 Å². The van der Waals surface area contributed by atoms with Crippen molar-refractivity contribution < 1.29 is 22.7 Å². The lowest BCUT2D eigenvalue weighted by molar-refractivity contribution is 0.0696. The molecule has 0 heterocycles. The van der Waals surface area contributed by atoms with Crippen LogP contribution in [0.15, 0.2) is 52.4 Å². The van der Waals surface area contributed by atoms with Crippen LogP contribution in [0.3, 0.4) is 0 Å². The van der Waals surface area contributed by atoms with E-state index in [9.17, 15) is 28.0 Å². The molecule has 0 atom stereocenters. The quantitative estimate of drug-likeness (QED) is 0.646. The second kappa shape index (κ2) is 7.95. The highest BCUT2D eigenvalue weighted by Crippen LogP contribution is 2.44. The van der Waals surface area contributed by atoms with Gasteiger partial charge in [-0.3, -0.25) is 0 Å². The van der Waals surface area contributed by atoms with Gasteiger partial charge in [-0.25, -0.2) is 17.6 Å².